The Bertz CT molecular complexity index is 648. The minimum atomic E-state index is -1.19. The minimum Gasteiger partial charge on any atom is -0.394 e. The average molecular weight is 319 g/mol. The zero-order valence-electron chi connectivity index (χ0n) is 10.1. The number of aromatic nitrogens is 2. The Morgan fingerprint density at radius 3 is 2.70 bits per heavy atom. The van der Waals surface area contributed by atoms with Gasteiger partial charge in [0, 0.05) is 17.3 Å². The molecule has 0 aliphatic carbocycles. The number of ether oxygens (including phenoxy) is 1. The lowest BCUT2D eigenvalue weighted by molar-refractivity contribution is -0.0241. The molecular weight excluding hydrogens is 307 g/mol. The molecule has 3 rings (SSSR count). The second-order valence-electron chi connectivity index (χ2n) is 4.62. The average Bonchev–Trinajstić information content (AvgIpc) is 2.87. The highest BCUT2D eigenvalue weighted by molar-refractivity contribution is 6.31. The van der Waals surface area contributed by atoms with Crippen LogP contribution in [0.5, 0.6) is 0 Å². The Morgan fingerprint density at radius 2 is 2.05 bits per heavy atom. The highest BCUT2D eigenvalue weighted by Gasteiger charge is 2.45. The number of fused-ring (bicyclic) bond motifs is 1. The molecule has 1 aliphatic rings. The van der Waals surface area contributed by atoms with Gasteiger partial charge in [-0.2, -0.15) is 0 Å². The van der Waals surface area contributed by atoms with Crippen molar-refractivity contribution < 1.29 is 20.1 Å². The standard InChI is InChI=1S/C12H12Cl2N2O4/c13-5-1-2-16-7(3-5)15-12(14)8(16)11-10(19)9(18)6(4-17)20-11/h1-3,6,9-11,17-19H,4H2/t6-,9+,10+,11?/m1/s1. The number of aliphatic hydroxyl groups is 3. The SMILES string of the molecule is OC[C@H]1OC(c2c(Cl)nc3cc(Cl)ccn23)[C@@H](O)[C@H]1O. The highest BCUT2D eigenvalue weighted by Crippen LogP contribution is 2.37. The van der Waals surface area contributed by atoms with Crippen molar-refractivity contribution in [2.75, 3.05) is 6.61 Å². The van der Waals surface area contributed by atoms with Crippen molar-refractivity contribution in [3.63, 3.8) is 0 Å². The topological polar surface area (TPSA) is 87.2 Å². The van der Waals surface area contributed by atoms with Crippen molar-refractivity contribution in [1.29, 1.82) is 0 Å². The van der Waals surface area contributed by atoms with E-state index < -0.39 is 31.0 Å². The van der Waals surface area contributed by atoms with Crippen LogP contribution in [0.4, 0.5) is 0 Å². The number of hydrogen-bond donors (Lipinski definition) is 3. The molecule has 4 atom stereocenters. The quantitative estimate of drug-likeness (QED) is 0.762. The molecule has 0 radical (unpaired) electrons. The van der Waals surface area contributed by atoms with Gasteiger partial charge in [-0.15, -0.1) is 0 Å². The van der Waals surface area contributed by atoms with Gasteiger partial charge in [-0.3, -0.25) is 4.40 Å². The van der Waals surface area contributed by atoms with Crippen LogP contribution < -0.4 is 0 Å². The number of imidazole rings is 1. The summed E-state index contributed by atoms with van der Waals surface area (Å²) in [5, 5.41) is 29.6. The summed E-state index contributed by atoms with van der Waals surface area (Å²) in [6.45, 7) is -0.394. The van der Waals surface area contributed by atoms with Crippen molar-refractivity contribution >= 4 is 28.8 Å². The molecule has 3 N–H and O–H groups in total. The number of pyridine rings is 1. The van der Waals surface area contributed by atoms with Crippen LogP contribution in [0.15, 0.2) is 18.3 Å². The molecule has 1 saturated heterocycles. The third kappa shape index (κ3) is 2.09. The molecule has 0 aromatic carbocycles. The Labute approximate surface area is 124 Å². The number of aliphatic hydroxyl groups excluding tert-OH is 3. The fourth-order valence-corrected chi connectivity index (χ4v) is 2.83. The van der Waals surface area contributed by atoms with Crippen LogP contribution in [0.2, 0.25) is 10.2 Å². The van der Waals surface area contributed by atoms with Gasteiger partial charge in [0.25, 0.3) is 0 Å². The highest BCUT2D eigenvalue weighted by atomic mass is 35.5. The molecular formula is C12H12Cl2N2O4. The first kappa shape index (κ1) is 14.1. The zero-order chi connectivity index (χ0) is 14.4. The summed E-state index contributed by atoms with van der Waals surface area (Å²) >= 11 is 12.0. The molecule has 2 aromatic rings. The van der Waals surface area contributed by atoms with E-state index in [1.54, 1.807) is 22.7 Å². The first-order valence-corrected chi connectivity index (χ1v) is 6.74. The minimum absolute atomic E-state index is 0.155. The van der Waals surface area contributed by atoms with Gasteiger partial charge in [-0.25, -0.2) is 4.98 Å². The van der Waals surface area contributed by atoms with Crippen LogP contribution >= 0.6 is 23.2 Å². The first-order chi connectivity index (χ1) is 9.52. The lowest BCUT2D eigenvalue weighted by Crippen LogP contribution is -2.32. The van der Waals surface area contributed by atoms with Crippen LogP contribution in [0.1, 0.15) is 11.8 Å². The summed E-state index contributed by atoms with van der Waals surface area (Å²) in [5.41, 5.74) is 0.927. The van der Waals surface area contributed by atoms with Crippen LogP contribution in [-0.2, 0) is 4.74 Å². The van der Waals surface area contributed by atoms with E-state index in [2.05, 4.69) is 4.98 Å². The van der Waals surface area contributed by atoms with E-state index in [4.69, 9.17) is 33.0 Å². The summed E-state index contributed by atoms with van der Waals surface area (Å²) in [5.74, 6) is 0. The fourth-order valence-electron chi connectivity index (χ4n) is 2.39. The van der Waals surface area contributed by atoms with Crippen molar-refractivity contribution in [1.82, 2.24) is 9.38 Å². The van der Waals surface area contributed by atoms with Crippen LogP contribution in [0, 0.1) is 0 Å². The van der Waals surface area contributed by atoms with Gasteiger partial charge in [-0.05, 0) is 6.07 Å². The molecule has 2 aromatic heterocycles. The van der Waals surface area contributed by atoms with Crippen molar-refractivity contribution in [2.45, 2.75) is 24.4 Å². The predicted molar refractivity (Wildman–Crippen MR) is 71.9 cm³/mol. The lowest BCUT2D eigenvalue weighted by Gasteiger charge is -2.14. The van der Waals surface area contributed by atoms with E-state index in [0.717, 1.165) is 0 Å². The normalized spacial score (nSPS) is 30.2. The van der Waals surface area contributed by atoms with Gasteiger partial charge in [0.15, 0.2) is 5.15 Å². The molecule has 20 heavy (non-hydrogen) atoms. The third-order valence-corrected chi connectivity index (χ3v) is 3.91. The van der Waals surface area contributed by atoms with Crippen LogP contribution in [0.25, 0.3) is 5.65 Å². The van der Waals surface area contributed by atoms with E-state index >= 15 is 0 Å². The van der Waals surface area contributed by atoms with Crippen molar-refractivity contribution in [3.05, 3.63) is 34.2 Å². The maximum Gasteiger partial charge on any atom is 0.154 e. The van der Waals surface area contributed by atoms with Gasteiger partial charge in [0.1, 0.15) is 30.1 Å². The third-order valence-electron chi connectivity index (χ3n) is 3.39. The van der Waals surface area contributed by atoms with Crippen molar-refractivity contribution in [3.8, 4) is 0 Å². The molecule has 0 amide bonds. The Hall–Kier alpha value is -0.890. The van der Waals surface area contributed by atoms with Gasteiger partial charge < -0.3 is 20.1 Å². The van der Waals surface area contributed by atoms with Gasteiger partial charge in [-0.1, -0.05) is 23.2 Å². The largest absolute Gasteiger partial charge is 0.394 e. The van der Waals surface area contributed by atoms with E-state index in [0.29, 0.717) is 16.4 Å². The van der Waals surface area contributed by atoms with Gasteiger partial charge >= 0.3 is 0 Å². The molecule has 0 saturated carbocycles. The monoisotopic (exact) mass is 318 g/mol. The predicted octanol–water partition coefficient (Wildman–Crippen LogP) is 0.795. The molecule has 1 unspecified atom stereocenters. The summed E-state index contributed by atoms with van der Waals surface area (Å²) in [6, 6.07) is 3.27. The molecule has 1 fully saturated rings. The molecule has 3 heterocycles. The van der Waals surface area contributed by atoms with Gasteiger partial charge in [0.2, 0.25) is 0 Å². The van der Waals surface area contributed by atoms with E-state index in [1.807, 2.05) is 0 Å². The second kappa shape index (κ2) is 5.14. The summed E-state index contributed by atoms with van der Waals surface area (Å²) in [6.07, 6.45) is -2.45. The van der Waals surface area contributed by atoms with E-state index in [9.17, 15) is 10.2 Å². The smallest absolute Gasteiger partial charge is 0.154 e. The summed E-state index contributed by atoms with van der Waals surface area (Å²) in [4.78, 5) is 4.14. The van der Waals surface area contributed by atoms with Crippen LogP contribution in [0.3, 0.4) is 0 Å². The molecule has 108 valence electrons. The Kier molecular flexibility index (Phi) is 3.62. The molecule has 0 bridgehead atoms. The molecule has 6 nitrogen and oxygen atoms in total. The maximum absolute atomic E-state index is 10.1. The fraction of sp³-hybridized carbons (Fsp3) is 0.417. The van der Waals surface area contributed by atoms with Gasteiger partial charge in [0.05, 0.1) is 12.3 Å². The maximum atomic E-state index is 10.1. The first-order valence-electron chi connectivity index (χ1n) is 5.98. The number of rotatable bonds is 2. The Balaban J connectivity index is 2.08. The van der Waals surface area contributed by atoms with Crippen molar-refractivity contribution in [2.24, 2.45) is 0 Å². The number of halogens is 2. The second-order valence-corrected chi connectivity index (χ2v) is 5.41. The van der Waals surface area contributed by atoms with Crippen LogP contribution in [-0.4, -0.2) is 49.6 Å². The molecule has 1 aliphatic heterocycles. The number of hydrogen-bond acceptors (Lipinski definition) is 5. The molecule has 0 spiro atoms. The lowest BCUT2D eigenvalue weighted by atomic mass is 10.1. The summed E-state index contributed by atoms with van der Waals surface area (Å²) in [7, 11) is 0. The Morgan fingerprint density at radius 1 is 1.30 bits per heavy atom. The van der Waals surface area contributed by atoms with E-state index in [-0.39, 0.29) is 5.15 Å². The molecule has 8 heteroatoms. The summed E-state index contributed by atoms with van der Waals surface area (Å²) < 4.78 is 7.10. The zero-order valence-corrected chi connectivity index (χ0v) is 11.7. The number of nitrogens with zero attached hydrogens (tertiary/aromatic N) is 2. The van der Waals surface area contributed by atoms with E-state index in [1.165, 1.54) is 0 Å².